The summed E-state index contributed by atoms with van der Waals surface area (Å²) in [7, 11) is 0. The van der Waals surface area contributed by atoms with Crippen LogP contribution in [0.3, 0.4) is 0 Å². The van der Waals surface area contributed by atoms with Gasteiger partial charge in [0.05, 0.1) is 16.7 Å². The van der Waals surface area contributed by atoms with Crippen molar-refractivity contribution in [3.05, 3.63) is 89.5 Å². The number of ether oxygens (including phenoxy) is 6. The molecule has 0 saturated heterocycles. The maximum atomic E-state index is 11.9. The number of aromatic nitrogens is 3. The van der Waals surface area contributed by atoms with Crippen LogP contribution in [-0.4, -0.2) is 86.3 Å². The summed E-state index contributed by atoms with van der Waals surface area (Å²) in [5.41, 5.74) is 2.28. The molecule has 4 rings (SSSR count). The van der Waals surface area contributed by atoms with E-state index in [-0.39, 0.29) is 88.0 Å². The molecule has 15 nitrogen and oxygen atoms in total. The lowest BCUT2D eigenvalue weighted by Gasteiger charge is -2.19. The predicted octanol–water partition coefficient (Wildman–Crippen LogP) is 7.57. The molecule has 0 amide bonds. The molecule has 0 aliphatic heterocycles. The molecular formula is C45H51N3O12. The normalized spacial score (nSPS) is 12.3. The highest BCUT2D eigenvalue weighted by Crippen LogP contribution is 2.42. The van der Waals surface area contributed by atoms with E-state index in [0.717, 1.165) is 0 Å². The molecule has 0 spiro atoms. The van der Waals surface area contributed by atoms with Crippen LogP contribution in [0, 0.1) is 20.8 Å². The van der Waals surface area contributed by atoms with Gasteiger partial charge in [-0.1, -0.05) is 19.7 Å². The topological polar surface area (TPSA) is 206 Å². The van der Waals surface area contributed by atoms with Gasteiger partial charge in [0.1, 0.15) is 72.6 Å². The third-order valence-corrected chi connectivity index (χ3v) is 8.88. The smallest absolute Gasteiger partial charge is 0.333 e. The molecule has 0 aliphatic rings. The fourth-order valence-corrected chi connectivity index (χ4v) is 5.41. The van der Waals surface area contributed by atoms with Gasteiger partial charge in [-0.2, -0.15) is 0 Å². The summed E-state index contributed by atoms with van der Waals surface area (Å²) in [5, 5.41) is 34.6. The summed E-state index contributed by atoms with van der Waals surface area (Å²) in [6, 6.07) is 9.45. The van der Waals surface area contributed by atoms with Gasteiger partial charge < -0.3 is 43.7 Å². The van der Waals surface area contributed by atoms with Crippen molar-refractivity contribution in [2.24, 2.45) is 0 Å². The Hall–Kier alpha value is -6.90. The van der Waals surface area contributed by atoms with Crippen LogP contribution in [0.5, 0.6) is 34.5 Å². The van der Waals surface area contributed by atoms with Crippen LogP contribution in [0.2, 0.25) is 0 Å². The quantitative estimate of drug-likeness (QED) is 0.0502. The fraction of sp³-hybridized carbons (Fsp3) is 0.333. The molecule has 0 saturated carbocycles. The van der Waals surface area contributed by atoms with Gasteiger partial charge in [-0.15, -0.1) is 0 Å². The van der Waals surface area contributed by atoms with Crippen LogP contribution >= 0.6 is 0 Å². The lowest BCUT2D eigenvalue weighted by molar-refractivity contribution is -0.141. The summed E-state index contributed by atoms with van der Waals surface area (Å²) in [6.45, 7) is 25.2. The van der Waals surface area contributed by atoms with E-state index in [9.17, 15) is 29.7 Å². The summed E-state index contributed by atoms with van der Waals surface area (Å²) in [6.07, 6.45) is -1.73. The van der Waals surface area contributed by atoms with E-state index in [1.165, 1.54) is 20.8 Å². The second-order valence-electron chi connectivity index (χ2n) is 14.5. The maximum Gasteiger partial charge on any atom is 0.333 e. The number of benzene rings is 3. The minimum Gasteiger partial charge on any atom is -0.507 e. The highest BCUT2D eigenvalue weighted by molar-refractivity contribution is 5.87. The Labute approximate surface area is 348 Å². The molecule has 1 heterocycles. The van der Waals surface area contributed by atoms with Gasteiger partial charge in [0.2, 0.25) is 0 Å². The van der Waals surface area contributed by atoms with E-state index in [0.29, 0.717) is 33.9 Å². The molecule has 0 aliphatic carbocycles. The summed E-state index contributed by atoms with van der Waals surface area (Å²) < 4.78 is 33.5. The van der Waals surface area contributed by atoms with Crippen molar-refractivity contribution < 1.29 is 58.1 Å². The SMILES string of the molecule is C=C(C)C(=O)OCC(C)Oc1ccc(-c2nc(-c3ccc(OC(C)COC(=O)C(=C)C)c(C)c3O)nc(-c3ccc(OC(C)COC(=O)C(=C)C)c(C)c3O)n2)c(O)c1C. The number of esters is 3. The van der Waals surface area contributed by atoms with Gasteiger partial charge in [-0.05, 0) is 98.7 Å². The molecule has 4 aromatic rings. The van der Waals surface area contributed by atoms with Crippen LogP contribution in [0.25, 0.3) is 34.2 Å². The average Bonchev–Trinajstić information content (AvgIpc) is 3.20. The molecule has 318 valence electrons. The second-order valence-corrected chi connectivity index (χ2v) is 14.5. The molecule has 3 N–H and O–H groups in total. The zero-order valence-electron chi connectivity index (χ0n) is 35.3. The van der Waals surface area contributed by atoms with Gasteiger partial charge in [-0.25, -0.2) is 29.3 Å². The Morgan fingerprint density at radius 2 is 0.733 bits per heavy atom. The molecule has 3 aromatic carbocycles. The molecule has 1 aromatic heterocycles. The number of nitrogens with zero attached hydrogens (tertiary/aromatic N) is 3. The summed E-state index contributed by atoms with van der Waals surface area (Å²) >= 11 is 0. The highest BCUT2D eigenvalue weighted by atomic mass is 16.6. The zero-order chi connectivity index (χ0) is 44.6. The molecule has 15 heteroatoms. The van der Waals surface area contributed by atoms with Crippen LogP contribution in [0.1, 0.15) is 58.2 Å². The molecule has 0 radical (unpaired) electrons. The number of carbonyl (C=O) groups is 3. The molecule has 0 fully saturated rings. The third kappa shape index (κ3) is 11.2. The van der Waals surface area contributed by atoms with Gasteiger partial charge in [-0.3, -0.25) is 0 Å². The zero-order valence-corrected chi connectivity index (χ0v) is 35.3. The molecule has 3 unspecified atom stereocenters. The number of phenolic OH excluding ortho intramolecular Hbond substituents is 3. The molecular weight excluding hydrogens is 775 g/mol. The first-order valence-corrected chi connectivity index (χ1v) is 18.9. The van der Waals surface area contributed by atoms with Crippen LogP contribution in [0.4, 0.5) is 0 Å². The Morgan fingerprint density at radius 1 is 0.500 bits per heavy atom. The number of hydrogen-bond acceptors (Lipinski definition) is 15. The maximum absolute atomic E-state index is 11.9. The Balaban J connectivity index is 1.78. The molecule has 3 atom stereocenters. The lowest BCUT2D eigenvalue weighted by Crippen LogP contribution is -2.22. The van der Waals surface area contributed by atoms with Crippen molar-refractivity contribution in [1.82, 2.24) is 15.0 Å². The van der Waals surface area contributed by atoms with E-state index in [1.54, 1.807) is 77.9 Å². The second kappa shape index (κ2) is 19.7. The third-order valence-electron chi connectivity index (χ3n) is 8.88. The van der Waals surface area contributed by atoms with Gasteiger partial charge in [0, 0.05) is 33.4 Å². The van der Waals surface area contributed by atoms with Crippen molar-refractivity contribution in [3.63, 3.8) is 0 Å². The number of rotatable bonds is 18. The van der Waals surface area contributed by atoms with E-state index in [2.05, 4.69) is 34.7 Å². The summed E-state index contributed by atoms with van der Waals surface area (Å²) in [5.74, 6) is -1.45. The van der Waals surface area contributed by atoms with Crippen molar-refractivity contribution in [2.45, 2.75) is 80.6 Å². The van der Waals surface area contributed by atoms with E-state index >= 15 is 0 Å². The summed E-state index contributed by atoms with van der Waals surface area (Å²) in [4.78, 5) is 49.7. The fourth-order valence-electron chi connectivity index (χ4n) is 5.41. The monoisotopic (exact) mass is 825 g/mol. The number of aromatic hydroxyl groups is 3. The van der Waals surface area contributed by atoms with Crippen molar-refractivity contribution in [2.75, 3.05) is 19.8 Å². The predicted molar refractivity (Wildman–Crippen MR) is 223 cm³/mol. The first-order valence-electron chi connectivity index (χ1n) is 18.9. The minimum atomic E-state index is -0.576. The Morgan fingerprint density at radius 3 is 0.950 bits per heavy atom. The molecule has 0 bridgehead atoms. The lowest BCUT2D eigenvalue weighted by atomic mass is 10.0. The highest BCUT2D eigenvalue weighted by Gasteiger charge is 2.24. The van der Waals surface area contributed by atoms with Gasteiger partial charge in [0.25, 0.3) is 0 Å². The first-order chi connectivity index (χ1) is 28.2. The standard InChI is InChI=1S/C45H51N3O12/c1-22(2)43(52)55-19-25(7)58-34-16-13-31(37(49)28(34)10)40-46-41(32-14-17-35(29(11)38(32)50)59-26(8)20-56-44(53)23(3)4)48-42(47-40)33-15-18-36(30(12)39(33)51)60-27(9)21-57-45(54)24(5)6/h13-18,25-27,49-51H,1,3,5,19-21H2,2,4,6-12H3. The largest absolute Gasteiger partial charge is 0.507 e. The van der Waals surface area contributed by atoms with E-state index in [1.807, 2.05) is 0 Å². The first kappa shape index (κ1) is 45.8. The van der Waals surface area contributed by atoms with Crippen LogP contribution in [-0.2, 0) is 28.6 Å². The van der Waals surface area contributed by atoms with E-state index < -0.39 is 36.2 Å². The Kier molecular flexibility index (Phi) is 15.0. The van der Waals surface area contributed by atoms with Crippen LogP contribution in [0.15, 0.2) is 72.9 Å². The Bertz CT molecular complexity index is 2070. The van der Waals surface area contributed by atoms with Gasteiger partial charge >= 0.3 is 17.9 Å². The minimum absolute atomic E-state index is 0.0127. The number of carbonyl (C=O) groups excluding carboxylic acids is 3. The van der Waals surface area contributed by atoms with Crippen molar-refractivity contribution in [3.8, 4) is 68.7 Å². The van der Waals surface area contributed by atoms with E-state index in [4.69, 9.17) is 28.4 Å². The average molecular weight is 826 g/mol. The van der Waals surface area contributed by atoms with Crippen molar-refractivity contribution in [1.29, 1.82) is 0 Å². The number of phenols is 3. The van der Waals surface area contributed by atoms with Gasteiger partial charge in [0.15, 0.2) is 17.5 Å². The van der Waals surface area contributed by atoms with Crippen LogP contribution < -0.4 is 14.2 Å². The molecule has 60 heavy (non-hydrogen) atoms. The van der Waals surface area contributed by atoms with Crippen molar-refractivity contribution >= 4 is 17.9 Å². The number of hydrogen-bond donors (Lipinski definition) is 3.